The second-order valence-corrected chi connectivity index (χ2v) is 5.68. The van der Waals surface area contributed by atoms with Crippen LogP contribution in [0.2, 0.25) is 0 Å². The highest BCUT2D eigenvalue weighted by Gasteiger charge is 2.19. The summed E-state index contributed by atoms with van der Waals surface area (Å²) in [7, 11) is 3.32. The molecule has 0 radical (unpaired) electrons. The Morgan fingerprint density at radius 2 is 1.95 bits per heavy atom. The molecular formula is C14H22BrClN2O2. The van der Waals surface area contributed by atoms with E-state index in [1.807, 2.05) is 6.07 Å². The first-order valence-electron chi connectivity index (χ1n) is 6.51. The SMILES string of the molecule is COc1cc(Br)c(CN2CCNC[C@@H]2C)cc1OC.Cl. The molecule has 4 nitrogen and oxygen atoms in total. The molecule has 114 valence electrons. The predicted octanol–water partition coefficient (Wildman–Crippen LogP) is 2.68. The number of nitrogens with one attached hydrogen (secondary N) is 1. The molecule has 1 aromatic carbocycles. The van der Waals surface area contributed by atoms with Crippen LogP contribution in [-0.2, 0) is 6.54 Å². The summed E-state index contributed by atoms with van der Waals surface area (Å²) < 4.78 is 11.7. The molecule has 0 aliphatic carbocycles. The van der Waals surface area contributed by atoms with Gasteiger partial charge < -0.3 is 14.8 Å². The number of rotatable bonds is 4. The Bertz CT molecular complexity index is 445. The number of hydrogen-bond acceptors (Lipinski definition) is 4. The molecule has 0 amide bonds. The van der Waals surface area contributed by atoms with E-state index in [0.717, 1.165) is 42.2 Å². The predicted molar refractivity (Wildman–Crippen MR) is 87.2 cm³/mol. The van der Waals surface area contributed by atoms with Crippen LogP contribution in [0.4, 0.5) is 0 Å². The van der Waals surface area contributed by atoms with Gasteiger partial charge in [0.05, 0.1) is 14.2 Å². The number of ether oxygens (including phenoxy) is 2. The average Bonchev–Trinajstić information content (AvgIpc) is 2.42. The van der Waals surface area contributed by atoms with E-state index in [9.17, 15) is 0 Å². The first-order valence-corrected chi connectivity index (χ1v) is 7.30. The molecule has 20 heavy (non-hydrogen) atoms. The second-order valence-electron chi connectivity index (χ2n) is 4.82. The summed E-state index contributed by atoms with van der Waals surface area (Å²) in [6.07, 6.45) is 0. The minimum atomic E-state index is 0. The van der Waals surface area contributed by atoms with E-state index in [2.05, 4.69) is 39.1 Å². The first-order chi connectivity index (χ1) is 9.15. The highest BCUT2D eigenvalue weighted by atomic mass is 79.9. The summed E-state index contributed by atoms with van der Waals surface area (Å²) in [5.74, 6) is 1.54. The van der Waals surface area contributed by atoms with Crippen molar-refractivity contribution in [3.8, 4) is 11.5 Å². The lowest BCUT2D eigenvalue weighted by Gasteiger charge is -2.34. The van der Waals surface area contributed by atoms with Crippen LogP contribution in [0, 0.1) is 0 Å². The fraction of sp³-hybridized carbons (Fsp3) is 0.571. The largest absolute Gasteiger partial charge is 0.493 e. The minimum absolute atomic E-state index is 0. The van der Waals surface area contributed by atoms with Crippen molar-refractivity contribution in [2.24, 2.45) is 0 Å². The van der Waals surface area contributed by atoms with Crippen molar-refractivity contribution in [1.82, 2.24) is 10.2 Å². The molecule has 1 aromatic rings. The topological polar surface area (TPSA) is 33.7 Å². The molecule has 1 saturated heterocycles. The van der Waals surface area contributed by atoms with Gasteiger partial charge in [-0.15, -0.1) is 12.4 Å². The zero-order valence-electron chi connectivity index (χ0n) is 12.1. The van der Waals surface area contributed by atoms with Crippen LogP contribution in [-0.4, -0.2) is 44.8 Å². The van der Waals surface area contributed by atoms with Gasteiger partial charge in [0.1, 0.15) is 0 Å². The van der Waals surface area contributed by atoms with E-state index in [-0.39, 0.29) is 12.4 Å². The van der Waals surface area contributed by atoms with Crippen molar-refractivity contribution in [2.45, 2.75) is 19.5 Å². The van der Waals surface area contributed by atoms with Crippen molar-refractivity contribution in [3.05, 3.63) is 22.2 Å². The maximum absolute atomic E-state index is 5.37. The van der Waals surface area contributed by atoms with E-state index in [1.165, 1.54) is 5.56 Å². The van der Waals surface area contributed by atoms with Crippen molar-refractivity contribution < 1.29 is 9.47 Å². The fourth-order valence-electron chi connectivity index (χ4n) is 2.35. The van der Waals surface area contributed by atoms with Gasteiger partial charge in [-0.2, -0.15) is 0 Å². The molecule has 1 aliphatic heterocycles. The molecule has 1 N–H and O–H groups in total. The van der Waals surface area contributed by atoms with Crippen LogP contribution in [0.5, 0.6) is 11.5 Å². The summed E-state index contributed by atoms with van der Waals surface area (Å²) >= 11 is 3.62. The van der Waals surface area contributed by atoms with Gasteiger partial charge in [0.15, 0.2) is 11.5 Å². The van der Waals surface area contributed by atoms with Crippen molar-refractivity contribution in [3.63, 3.8) is 0 Å². The maximum atomic E-state index is 5.37. The van der Waals surface area contributed by atoms with Gasteiger partial charge in [0, 0.05) is 36.7 Å². The average molecular weight is 366 g/mol. The standard InChI is InChI=1S/C14H21BrN2O2.ClH/c1-10-8-16-4-5-17(10)9-11-6-13(18-2)14(19-3)7-12(11)15;/h6-7,10,16H,4-5,8-9H2,1-3H3;1H/t10-;/m0./s1. The van der Waals surface area contributed by atoms with Gasteiger partial charge in [0.25, 0.3) is 0 Å². The Labute approximate surface area is 135 Å². The van der Waals surface area contributed by atoms with E-state index in [4.69, 9.17) is 9.47 Å². The highest BCUT2D eigenvalue weighted by molar-refractivity contribution is 9.10. The third-order valence-electron chi connectivity index (χ3n) is 3.56. The van der Waals surface area contributed by atoms with Crippen LogP contribution in [0.15, 0.2) is 16.6 Å². The quantitative estimate of drug-likeness (QED) is 0.889. The van der Waals surface area contributed by atoms with Gasteiger partial charge in [0.2, 0.25) is 0 Å². The fourth-order valence-corrected chi connectivity index (χ4v) is 2.80. The first kappa shape index (κ1) is 17.6. The molecule has 1 aliphatic rings. The van der Waals surface area contributed by atoms with Gasteiger partial charge in [-0.3, -0.25) is 4.90 Å². The highest BCUT2D eigenvalue weighted by Crippen LogP contribution is 2.34. The van der Waals surface area contributed by atoms with Gasteiger partial charge >= 0.3 is 0 Å². The molecule has 0 saturated carbocycles. The van der Waals surface area contributed by atoms with Crippen LogP contribution in [0.1, 0.15) is 12.5 Å². The Balaban J connectivity index is 0.00000200. The molecule has 0 bridgehead atoms. The lowest BCUT2D eigenvalue weighted by atomic mass is 10.1. The Kier molecular flexibility index (Phi) is 7.09. The van der Waals surface area contributed by atoms with Crippen LogP contribution in [0.25, 0.3) is 0 Å². The summed E-state index contributed by atoms with van der Waals surface area (Å²) in [4.78, 5) is 2.47. The third-order valence-corrected chi connectivity index (χ3v) is 4.30. The molecule has 0 aromatic heterocycles. The molecule has 1 fully saturated rings. The van der Waals surface area contributed by atoms with E-state index < -0.39 is 0 Å². The third kappa shape index (κ3) is 4.01. The van der Waals surface area contributed by atoms with E-state index in [1.54, 1.807) is 14.2 Å². The number of nitrogens with zero attached hydrogens (tertiary/aromatic N) is 1. The van der Waals surface area contributed by atoms with Crippen molar-refractivity contribution in [1.29, 1.82) is 0 Å². The number of hydrogen-bond donors (Lipinski definition) is 1. The number of benzene rings is 1. The van der Waals surface area contributed by atoms with Crippen LogP contribution >= 0.6 is 28.3 Å². The van der Waals surface area contributed by atoms with Crippen molar-refractivity contribution in [2.75, 3.05) is 33.9 Å². The van der Waals surface area contributed by atoms with Gasteiger partial charge in [-0.25, -0.2) is 0 Å². The smallest absolute Gasteiger partial charge is 0.161 e. The summed E-state index contributed by atoms with van der Waals surface area (Å²) in [6.45, 7) is 6.34. The van der Waals surface area contributed by atoms with E-state index in [0.29, 0.717) is 6.04 Å². The molecular weight excluding hydrogens is 344 g/mol. The summed E-state index contributed by atoms with van der Waals surface area (Å²) in [6, 6.07) is 4.58. The molecule has 2 rings (SSSR count). The zero-order chi connectivity index (χ0) is 13.8. The Morgan fingerprint density at radius 1 is 1.30 bits per heavy atom. The normalized spacial score (nSPS) is 19.3. The number of piperazine rings is 1. The Morgan fingerprint density at radius 3 is 2.55 bits per heavy atom. The van der Waals surface area contributed by atoms with Crippen molar-refractivity contribution >= 4 is 28.3 Å². The minimum Gasteiger partial charge on any atom is -0.493 e. The Hall–Kier alpha value is -0.490. The molecule has 0 spiro atoms. The lowest BCUT2D eigenvalue weighted by Crippen LogP contribution is -2.49. The number of methoxy groups -OCH3 is 2. The lowest BCUT2D eigenvalue weighted by molar-refractivity contribution is 0.165. The summed E-state index contributed by atoms with van der Waals surface area (Å²) in [5, 5.41) is 3.41. The molecule has 1 atom stereocenters. The zero-order valence-corrected chi connectivity index (χ0v) is 14.5. The second kappa shape index (κ2) is 8.08. The molecule has 0 unspecified atom stereocenters. The molecule has 6 heteroatoms. The monoisotopic (exact) mass is 364 g/mol. The molecule has 1 heterocycles. The van der Waals surface area contributed by atoms with E-state index >= 15 is 0 Å². The van der Waals surface area contributed by atoms with Gasteiger partial charge in [-0.1, -0.05) is 15.9 Å². The van der Waals surface area contributed by atoms with Crippen LogP contribution < -0.4 is 14.8 Å². The van der Waals surface area contributed by atoms with Gasteiger partial charge in [-0.05, 0) is 24.6 Å². The summed E-state index contributed by atoms with van der Waals surface area (Å²) in [5.41, 5.74) is 1.23. The maximum Gasteiger partial charge on any atom is 0.161 e. The van der Waals surface area contributed by atoms with Crippen LogP contribution in [0.3, 0.4) is 0 Å². The number of halogens is 2.